The highest BCUT2D eigenvalue weighted by molar-refractivity contribution is 6.14. The first-order valence-electron chi connectivity index (χ1n) is 9.68. The molecule has 2 heterocycles. The summed E-state index contributed by atoms with van der Waals surface area (Å²) in [5.41, 5.74) is 2.65. The van der Waals surface area contributed by atoms with Crippen LogP contribution in [0.3, 0.4) is 0 Å². The van der Waals surface area contributed by atoms with E-state index in [-0.39, 0.29) is 30.7 Å². The number of ether oxygens (including phenoxy) is 1. The molecule has 0 aliphatic carbocycles. The number of imide groups is 1. The monoisotopic (exact) mass is 403 g/mol. The van der Waals surface area contributed by atoms with Gasteiger partial charge in [0, 0.05) is 22.7 Å². The second kappa shape index (κ2) is 8.24. The van der Waals surface area contributed by atoms with Gasteiger partial charge in [-0.1, -0.05) is 48.5 Å². The molecule has 0 unspecified atom stereocenters. The van der Waals surface area contributed by atoms with Crippen LogP contribution in [0.2, 0.25) is 0 Å². The van der Waals surface area contributed by atoms with Gasteiger partial charge in [0.2, 0.25) is 0 Å². The van der Waals surface area contributed by atoms with Crippen LogP contribution in [0, 0.1) is 0 Å². The van der Waals surface area contributed by atoms with Crippen molar-refractivity contribution >= 4 is 34.9 Å². The van der Waals surface area contributed by atoms with E-state index in [2.05, 4.69) is 5.32 Å². The third kappa shape index (κ3) is 3.82. The average Bonchev–Trinajstić information content (AvgIpc) is 3.21. The van der Waals surface area contributed by atoms with E-state index in [0.717, 1.165) is 22.0 Å². The number of esters is 1. The maximum absolute atomic E-state index is 12.8. The van der Waals surface area contributed by atoms with E-state index in [0.29, 0.717) is 6.61 Å². The minimum atomic E-state index is -0.453. The third-order valence-corrected chi connectivity index (χ3v) is 4.87. The lowest BCUT2D eigenvalue weighted by Crippen LogP contribution is -2.30. The fourth-order valence-corrected chi connectivity index (χ4v) is 3.50. The fraction of sp³-hybridized carbons (Fsp3) is 0.174. The van der Waals surface area contributed by atoms with Crippen LogP contribution in [0.1, 0.15) is 18.1 Å². The van der Waals surface area contributed by atoms with E-state index in [1.807, 2.05) is 54.6 Å². The number of para-hydroxylation sites is 1. The summed E-state index contributed by atoms with van der Waals surface area (Å²) in [6.45, 7) is 2.34. The number of carbonyl (C=O) groups excluding carboxylic acids is 3. The molecule has 3 amide bonds. The summed E-state index contributed by atoms with van der Waals surface area (Å²) in [4.78, 5) is 38.3. The van der Waals surface area contributed by atoms with Crippen molar-refractivity contribution in [1.82, 2.24) is 14.8 Å². The lowest BCUT2D eigenvalue weighted by atomic mass is 10.1. The maximum atomic E-state index is 12.8. The van der Waals surface area contributed by atoms with Crippen LogP contribution in [-0.4, -0.2) is 34.0 Å². The molecule has 1 aliphatic rings. The zero-order chi connectivity index (χ0) is 21.1. The first-order chi connectivity index (χ1) is 14.6. The van der Waals surface area contributed by atoms with Gasteiger partial charge in [-0.25, -0.2) is 4.79 Å². The van der Waals surface area contributed by atoms with Gasteiger partial charge in [0.25, 0.3) is 5.91 Å². The lowest BCUT2D eigenvalue weighted by Gasteiger charge is -2.11. The van der Waals surface area contributed by atoms with E-state index in [9.17, 15) is 14.4 Å². The van der Waals surface area contributed by atoms with Crippen LogP contribution in [0.15, 0.2) is 66.5 Å². The fourth-order valence-electron chi connectivity index (χ4n) is 3.50. The van der Waals surface area contributed by atoms with Gasteiger partial charge in [-0.15, -0.1) is 0 Å². The number of amides is 3. The van der Waals surface area contributed by atoms with Crippen molar-refractivity contribution in [3.63, 3.8) is 0 Å². The molecule has 1 saturated heterocycles. The number of urea groups is 1. The Hall–Kier alpha value is -3.87. The van der Waals surface area contributed by atoms with Crippen LogP contribution in [0.4, 0.5) is 4.79 Å². The summed E-state index contributed by atoms with van der Waals surface area (Å²) >= 11 is 0. The first kappa shape index (κ1) is 19.4. The average molecular weight is 403 g/mol. The highest BCUT2D eigenvalue weighted by atomic mass is 16.5. The zero-order valence-electron chi connectivity index (χ0n) is 16.5. The van der Waals surface area contributed by atoms with Gasteiger partial charge in [0.1, 0.15) is 12.2 Å². The highest BCUT2D eigenvalue weighted by Gasteiger charge is 2.33. The van der Waals surface area contributed by atoms with Gasteiger partial charge < -0.3 is 14.6 Å². The summed E-state index contributed by atoms with van der Waals surface area (Å²) in [6, 6.07) is 16.5. The van der Waals surface area contributed by atoms with Gasteiger partial charge >= 0.3 is 12.0 Å². The molecule has 1 aromatic heterocycles. The van der Waals surface area contributed by atoms with Crippen LogP contribution >= 0.6 is 0 Å². The summed E-state index contributed by atoms with van der Waals surface area (Å²) in [5.74, 6) is -0.720. The number of benzene rings is 2. The Morgan fingerprint density at radius 1 is 1.07 bits per heavy atom. The molecule has 0 bridgehead atoms. The molecule has 0 saturated carbocycles. The van der Waals surface area contributed by atoms with Crippen molar-refractivity contribution in [2.24, 2.45) is 0 Å². The molecule has 0 radical (unpaired) electrons. The molecule has 7 nitrogen and oxygen atoms in total. The predicted octanol–water partition coefficient (Wildman–Crippen LogP) is 3.30. The van der Waals surface area contributed by atoms with Gasteiger partial charge in [-0.2, -0.15) is 0 Å². The van der Waals surface area contributed by atoms with Crippen LogP contribution < -0.4 is 5.32 Å². The summed E-state index contributed by atoms with van der Waals surface area (Å²) in [6.07, 6.45) is 3.43. The number of nitrogens with one attached hydrogen (secondary N) is 1. The second-order valence-corrected chi connectivity index (χ2v) is 6.90. The third-order valence-electron chi connectivity index (χ3n) is 4.87. The standard InChI is InChI=1S/C23H21N3O4/c1-2-30-21(27)15-25-14-17(18-10-6-7-11-20(18)25)12-19-22(28)26(23(29)24-19)13-16-8-4-3-5-9-16/h3-12,14H,2,13,15H2,1H3,(H,24,29)/b19-12+. The molecule has 1 N–H and O–H groups in total. The number of rotatable bonds is 6. The zero-order valence-corrected chi connectivity index (χ0v) is 16.5. The summed E-state index contributed by atoms with van der Waals surface area (Å²) < 4.78 is 6.83. The van der Waals surface area contributed by atoms with Crippen molar-refractivity contribution in [2.75, 3.05) is 6.61 Å². The predicted molar refractivity (Wildman–Crippen MR) is 112 cm³/mol. The molecule has 2 aromatic carbocycles. The number of aromatic nitrogens is 1. The SMILES string of the molecule is CCOC(=O)Cn1cc(/C=C2/NC(=O)N(Cc3ccccc3)C2=O)c2ccccc21. The number of nitrogens with zero attached hydrogens (tertiary/aromatic N) is 2. The maximum Gasteiger partial charge on any atom is 0.329 e. The Morgan fingerprint density at radius 3 is 2.57 bits per heavy atom. The van der Waals surface area contributed by atoms with Crippen molar-refractivity contribution in [3.05, 3.63) is 77.6 Å². The molecule has 4 rings (SSSR count). The largest absolute Gasteiger partial charge is 0.465 e. The van der Waals surface area contributed by atoms with Gasteiger partial charge in [0.15, 0.2) is 0 Å². The molecule has 3 aromatic rings. The molecule has 7 heteroatoms. The minimum Gasteiger partial charge on any atom is -0.465 e. The van der Waals surface area contributed by atoms with E-state index < -0.39 is 6.03 Å². The van der Waals surface area contributed by atoms with Gasteiger partial charge in [0.05, 0.1) is 13.2 Å². The van der Waals surface area contributed by atoms with E-state index >= 15 is 0 Å². The normalized spacial score (nSPS) is 15.1. The van der Waals surface area contributed by atoms with Crippen molar-refractivity contribution in [2.45, 2.75) is 20.0 Å². The molecule has 30 heavy (non-hydrogen) atoms. The van der Waals surface area contributed by atoms with Crippen molar-refractivity contribution in [1.29, 1.82) is 0 Å². The minimum absolute atomic E-state index is 0.0674. The Morgan fingerprint density at radius 2 is 1.80 bits per heavy atom. The summed E-state index contributed by atoms with van der Waals surface area (Å²) in [5, 5.41) is 3.53. The van der Waals surface area contributed by atoms with E-state index in [1.54, 1.807) is 23.8 Å². The highest BCUT2D eigenvalue weighted by Crippen LogP contribution is 2.25. The van der Waals surface area contributed by atoms with Crippen molar-refractivity contribution < 1.29 is 19.1 Å². The summed E-state index contributed by atoms with van der Waals surface area (Å²) in [7, 11) is 0. The number of hydrogen-bond donors (Lipinski definition) is 1. The Bertz CT molecular complexity index is 1150. The number of carbonyl (C=O) groups is 3. The molecule has 152 valence electrons. The Balaban J connectivity index is 1.64. The smallest absolute Gasteiger partial charge is 0.329 e. The quantitative estimate of drug-likeness (QED) is 0.389. The lowest BCUT2D eigenvalue weighted by molar-refractivity contribution is -0.143. The van der Waals surface area contributed by atoms with E-state index in [4.69, 9.17) is 4.74 Å². The van der Waals surface area contributed by atoms with Crippen LogP contribution in [0.5, 0.6) is 0 Å². The van der Waals surface area contributed by atoms with E-state index in [1.165, 1.54) is 4.90 Å². The van der Waals surface area contributed by atoms with Gasteiger partial charge in [-0.05, 0) is 24.6 Å². The van der Waals surface area contributed by atoms with Crippen LogP contribution in [-0.2, 0) is 27.4 Å². The second-order valence-electron chi connectivity index (χ2n) is 6.90. The van der Waals surface area contributed by atoms with Crippen molar-refractivity contribution in [3.8, 4) is 0 Å². The topological polar surface area (TPSA) is 80.6 Å². The van der Waals surface area contributed by atoms with Crippen LogP contribution in [0.25, 0.3) is 17.0 Å². The number of hydrogen-bond acceptors (Lipinski definition) is 4. The molecular weight excluding hydrogens is 382 g/mol. The molecule has 1 fully saturated rings. The molecule has 0 atom stereocenters. The first-order valence-corrected chi connectivity index (χ1v) is 9.68. The molecule has 1 aliphatic heterocycles. The molecule has 0 spiro atoms. The number of fused-ring (bicyclic) bond motifs is 1. The Labute approximate surface area is 173 Å². The molecular formula is C23H21N3O4. The van der Waals surface area contributed by atoms with Gasteiger partial charge in [-0.3, -0.25) is 14.5 Å². The Kier molecular flexibility index (Phi) is 5.34.